The van der Waals surface area contributed by atoms with Gasteiger partial charge < -0.3 is 10.2 Å². The predicted molar refractivity (Wildman–Crippen MR) is 191 cm³/mol. The molecule has 2 amide bonds. The second-order valence-electron chi connectivity index (χ2n) is 12.1. The number of benzene rings is 4. The van der Waals surface area contributed by atoms with Crippen LogP contribution in [0.5, 0.6) is 0 Å². The van der Waals surface area contributed by atoms with Crippen molar-refractivity contribution in [2.75, 3.05) is 10.8 Å². The van der Waals surface area contributed by atoms with Crippen LogP contribution in [-0.2, 0) is 32.6 Å². The van der Waals surface area contributed by atoms with Crippen molar-refractivity contribution in [1.82, 2.24) is 10.2 Å². The second kappa shape index (κ2) is 15.5. The maximum Gasteiger partial charge on any atom is 0.264 e. The summed E-state index contributed by atoms with van der Waals surface area (Å²) in [6.45, 7) is 3.23. The molecular formula is C37H39BrClN3O4S. The van der Waals surface area contributed by atoms with Crippen LogP contribution < -0.4 is 9.62 Å². The van der Waals surface area contributed by atoms with Crippen molar-refractivity contribution < 1.29 is 18.0 Å². The fourth-order valence-corrected chi connectivity index (χ4v) is 7.81. The van der Waals surface area contributed by atoms with Gasteiger partial charge in [-0.3, -0.25) is 13.9 Å². The summed E-state index contributed by atoms with van der Waals surface area (Å²) in [6.07, 6.45) is 4.13. The molecule has 246 valence electrons. The summed E-state index contributed by atoms with van der Waals surface area (Å²) in [7, 11) is -4.22. The van der Waals surface area contributed by atoms with Gasteiger partial charge in [0, 0.05) is 28.5 Å². The second-order valence-corrected chi connectivity index (χ2v) is 15.3. The number of nitrogens with one attached hydrogen (secondary N) is 1. The first-order valence-corrected chi connectivity index (χ1v) is 18.4. The van der Waals surface area contributed by atoms with E-state index < -0.39 is 28.5 Å². The van der Waals surface area contributed by atoms with Gasteiger partial charge in [-0.1, -0.05) is 107 Å². The van der Waals surface area contributed by atoms with E-state index in [0.29, 0.717) is 16.3 Å². The molecule has 0 heterocycles. The number of nitrogens with zero attached hydrogens (tertiary/aromatic N) is 2. The van der Waals surface area contributed by atoms with Crippen LogP contribution in [0.2, 0.25) is 5.02 Å². The van der Waals surface area contributed by atoms with Crippen molar-refractivity contribution in [2.45, 2.75) is 69.5 Å². The third-order valence-electron chi connectivity index (χ3n) is 8.57. The Balaban J connectivity index is 1.58. The lowest BCUT2D eigenvalue weighted by atomic mass is 10.0. The molecule has 1 fully saturated rings. The molecule has 0 radical (unpaired) electrons. The molecule has 0 aromatic heterocycles. The van der Waals surface area contributed by atoms with E-state index in [1.54, 1.807) is 37.3 Å². The highest BCUT2D eigenvalue weighted by atomic mass is 79.9. The Morgan fingerprint density at radius 1 is 0.894 bits per heavy atom. The number of halogens is 2. The predicted octanol–water partition coefficient (Wildman–Crippen LogP) is 7.61. The molecule has 0 saturated heterocycles. The van der Waals surface area contributed by atoms with Gasteiger partial charge in [-0.15, -0.1) is 0 Å². The van der Waals surface area contributed by atoms with Gasteiger partial charge in [0.15, 0.2) is 0 Å². The van der Waals surface area contributed by atoms with Crippen molar-refractivity contribution in [1.29, 1.82) is 0 Å². The minimum Gasteiger partial charge on any atom is -0.352 e. The number of hydrogen-bond donors (Lipinski definition) is 1. The number of amides is 2. The molecule has 1 aliphatic carbocycles. The Hall–Kier alpha value is -3.66. The van der Waals surface area contributed by atoms with Gasteiger partial charge >= 0.3 is 0 Å². The Morgan fingerprint density at radius 2 is 1.55 bits per heavy atom. The number of carbonyl (C=O) groups is 2. The normalized spacial score (nSPS) is 14.0. The highest BCUT2D eigenvalue weighted by Crippen LogP contribution is 2.30. The van der Waals surface area contributed by atoms with E-state index in [2.05, 4.69) is 21.2 Å². The van der Waals surface area contributed by atoms with Crippen molar-refractivity contribution in [2.24, 2.45) is 0 Å². The van der Waals surface area contributed by atoms with E-state index in [4.69, 9.17) is 11.6 Å². The molecule has 0 bridgehead atoms. The fourth-order valence-electron chi connectivity index (χ4n) is 5.91. The summed E-state index contributed by atoms with van der Waals surface area (Å²) in [5.41, 5.74) is 3.54. The van der Waals surface area contributed by atoms with E-state index in [1.165, 1.54) is 17.0 Å². The van der Waals surface area contributed by atoms with E-state index in [9.17, 15) is 18.0 Å². The Kier molecular flexibility index (Phi) is 11.4. The van der Waals surface area contributed by atoms with E-state index in [0.717, 1.165) is 51.2 Å². The number of aryl methyl sites for hydroxylation is 2. The van der Waals surface area contributed by atoms with Crippen molar-refractivity contribution in [3.8, 4) is 0 Å². The first-order valence-electron chi connectivity index (χ1n) is 15.7. The molecule has 4 aromatic carbocycles. The van der Waals surface area contributed by atoms with E-state index in [1.807, 2.05) is 61.5 Å². The zero-order valence-electron chi connectivity index (χ0n) is 26.5. The van der Waals surface area contributed by atoms with Crippen molar-refractivity contribution in [3.05, 3.63) is 129 Å². The van der Waals surface area contributed by atoms with Gasteiger partial charge in [0.1, 0.15) is 12.6 Å². The fraction of sp³-hybridized carbons (Fsp3) is 0.297. The van der Waals surface area contributed by atoms with Gasteiger partial charge in [-0.2, -0.15) is 0 Å². The van der Waals surface area contributed by atoms with Gasteiger partial charge in [0.25, 0.3) is 10.0 Å². The van der Waals surface area contributed by atoms with Crippen molar-refractivity contribution >= 4 is 55.1 Å². The average molecular weight is 737 g/mol. The summed E-state index contributed by atoms with van der Waals surface area (Å²) in [6, 6.07) is 27.8. The maximum absolute atomic E-state index is 14.7. The summed E-state index contributed by atoms with van der Waals surface area (Å²) >= 11 is 9.86. The number of sulfonamides is 1. The summed E-state index contributed by atoms with van der Waals surface area (Å²) < 4.78 is 30.6. The van der Waals surface area contributed by atoms with Crippen LogP contribution in [-0.4, -0.2) is 43.8 Å². The Labute approximate surface area is 291 Å². The number of rotatable bonds is 12. The van der Waals surface area contributed by atoms with Gasteiger partial charge in [-0.25, -0.2) is 8.42 Å². The Bertz CT molecular complexity index is 1800. The topological polar surface area (TPSA) is 86.8 Å². The third-order valence-corrected chi connectivity index (χ3v) is 11.1. The van der Waals surface area contributed by atoms with Gasteiger partial charge in [0.2, 0.25) is 11.8 Å². The van der Waals surface area contributed by atoms with Crippen LogP contribution in [0, 0.1) is 13.8 Å². The Morgan fingerprint density at radius 3 is 2.21 bits per heavy atom. The summed E-state index contributed by atoms with van der Waals surface area (Å²) in [5, 5.41) is 3.54. The summed E-state index contributed by atoms with van der Waals surface area (Å²) in [5.74, 6) is -0.761. The van der Waals surface area contributed by atoms with Gasteiger partial charge in [-0.05, 0) is 79.8 Å². The lowest BCUT2D eigenvalue weighted by Gasteiger charge is -2.34. The summed E-state index contributed by atoms with van der Waals surface area (Å²) in [4.78, 5) is 30.4. The highest BCUT2D eigenvalue weighted by Gasteiger charge is 2.36. The molecule has 0 unspecified atom stereocenters. The lowest BCUT2D eigenvalue weighted by molar-refractivity contribution is -0.140. The quantitative estimate of drug-likeness (QED) is 0.162. The molecular weight excluding hydrogens is 698 g/mol. The highest BCUT2D eigenvalue weighted by molar-refractivity contribution is 9.10. The van der Waals surface area contributed by atoms with Crippen molar-refractivity contribution in [3.63, 3.8) is 0 Å². The minimum atomic E-state index is -4.22. The first-order chi connectivity index (χ1) is 22.5. The third kappa shape index (κ3) is 8.83. The molecule has 1 N–H and O–H groups in total. The zero-order chi connectivity index (χ0) is 33.6. The van der Waals surface area contributed by atoms with Gasteiger partial charge in [0.05, 0.1) is 10.6 Å². The molecule has 1 aliphatic rings. The number of hydrogen-bond acceptors (Lipinski definition) is 4. The molecule has 1 atom stereocenters. The van der Waals surface area contributed by atoms with Crippen LogP contribution in [0.25, 0.3) is 0 Å². The molecule has 0 aliphatic heterocycles. The lowest BCUT2D eigenvalue weighted by Crippen LogP contribution is -2.54. The smallest absolute Gasteiger partial charge is 0.264 e. The molecule has 47 heavy (non-hydrogen) atoms. The van der Waals surface area contributed by atoms with Crippen LogP contribution >= 0.6 is 27.5 Å². The molecule has 1 saturated carbocycles. The molecule has 5 rings (SSSR count). The monoisotopic (exact) mass is 735 g/mol. The molecule has 0 spiro atoms. The van der Waals surface area contributed by atoms with Crippen LogP contribution in [0.3, 0.4) is 0 Å². The number of anilines is 1. The number of carbonyl (C=O) groups excluding carboxylic acids is 2. The molecule has 10 heteroatoms. The standard InChI is InChI=1S/C37H39BrClN3O4S/c1-26-12-20-33(21-13-26)47(45,46)42(34-23-31(39)19-14-27(34)2)25-36(43)41(24-29-15-17-30(38)18-16-29)35(22-28-8-4-3-5-9-28)37(44)40-32-10-6-7-11-32/h3-5,8-9,12-21,23,32,35H,6-7,10-11,22,24-25H2,1-2H3,(H,40,44)/t35-/m0/s1. The van der Waals surface area contributed by atoms with Crippen LogP contribution in [0.4, 0.5) is 5.69 Å². The minimum absolute atomic E-state index is 0.0397. The largest absolute Gasteiger partial charge is 0.352 e. The molecule has 7 nitrogen and oxygen atoms in total. The average Bonchev–Trinajstić information content (AvgIpc) is 3.57. The van der Waals surface area contributed by atoms with Crippen LogP contribution in [0.1, 0.15) is 47.9 Å². The maximum atomic E-state index is 14.7. The zero-order valence-corrected chi connectivity index (χ0v) is 29.7. The van der Waals surface area contributed by atoms with E-state index in [-0.39, 0.29) is 29.8 Å². The van der Waals surface area contributed by atoms with Crippen LogP contribution in [0.15, 0.2) is 106 Å². The SMILES string of the molecule is Cc1ccc(S(=O)(=O)N(CC(=O)N(Cc2ccc(Br)cc2)[C@@H](Cc2ccccc2)C(=O)NC2CCCC2)c2cc(Cl)ccc2C)cc1. The first kappa shape index (κ1) is 34.7. The van der Waals surface area contributed by atoms with E-state index >= 15 is 0 Å². The molecule has 4 aromatic rings.